The second-order valence-corrected chi connectivity index (χ2v) is 8.57. The summed E-state index contributed by atoms with van der Waals surface area (Å²) in [6.45, 7) is 2.52. The Morgan fingerprint density at radius 3 is 2.55 bits per heavy atom. The van der Waals surface area contributed by atoms with Gasteiger partial charge in [0.2, 0.25) is 5.91 Å². The summed E-state index contributed by atoms with van der Waals surface area (Å²) in [6.07, 6.45) is 3.95. The van der Waals surface area contributed by atoms with Crippen LogP contribution in [0.4, 0.5) is 5.69 Å². The van der Waals surface area contributed by atoms with E-state index in [0.717, 1.165) is 38.8 Å². The van der Waals surface area contributed by atoms with Gasteiger partial charge in [-0.25, -0.2) is 0 Å². The van der Waals surface area contributed by atoms with Gasteiger partial charge in [-0.3, -0.25) is 9.59 Å². The lowest BCUT2D eigenvalue weighted by atomic mass is 10.1. The van der Waals surface area contributed by atoms with E-state index in [1.54, 1.807) is 30.3 Å². The molecule has 2 aromatic rings. The van der Waals surface area contributed by atoms with Crippen molar-refractivity contribution in [3.05, 3.63) is 51.5 Å². The van der Waals surface area contributed by atoms with E-state index >= 15 is 0 Å². The standard InChI is InChI=1S/C23H24Cl2N2O4/c24-16-5-6-17(23(29)27-7-2-1-3-8-27)19(14-16)26-21(28)13-15-11-18(25)22-20(12-15)30-9-4-10-31-22/h5-6,11-12,14H,1-4,7-10,13H2,(H,26,28). The SMILES string of the molecule is O=C(Cc1cc(Cl)c2c(c1)OCCCO2)Nc1cc(Cl)ccc1C(=O)N1CCCCC1. The van der Waals surface area contributed by atoms with Crippen LogP contribution in [0.15, 0.2) is 30.3 Å². The van der Waals surface area contributed by atoms with Gasteiger partial charge in [0.1, 0.15) is 0 Å². The topological polar surface area (TPSA) is 67.9 Å². The zero-order valence-corrected chi connectivity index (χ0v) is 18.6. The minimum Gasteiger partial charge on any atom is -0.489 e. The second kappa shape index (κ2) is 9.79. The van der Waals surface area contributed by atoms with E-state index in [1.165, 1.54) is 0 Å². The van der Waals surface area contributed by atoms with Crippen molar-refractivity contribution in [2.45, 2.75) is 32.1 Å². The van der Waals surface area contributed by atoms with Crippen molar-refractivity contribution >= 4 is 40.7 Å². The van der Waals surface area contributed by atoms with Gasteiger partial charge in [0.15, 0.2) is 11.5 Å². The van der Waals surface area contributed by atoms with Crippen LogP contribution in [0.25, 0.3) is 0 Å². The summed E-state index contributed by atoms with van der Waals surface area (Å²) in [7, 11) is 0. The number of carbonyl (C=O) groups excluding carboxylic acids is 2. The smallest absolute Gasteiger partial charge is 0.255 e. The molecule has 2 aliphatic rings. The number of hydrogen-bond donors (Lipinski definition) is 1. The first-order valence-electron chi connectivity index (χ1n) is 10.5. The van der Waals surface area contributed by atoms with Crippen LogP contribution in [-0.4, -0.2) is 43.0 Å². The van der Waals surface area contributed by atoms with Crippen LogP contribution in [0.3, 0.4) is 0 Å². The molecule has 0 aromatic heterocycles. The highest BCUT2D eigenvalue weighted by atomic mass is 35.5. The highest BCUT2D eigenvalue weighted by Crippen LogP contribution is 2.38. The molecule has 2 amide bonds. The molecule has 0 atom stereocenters. The molecule has 164 valence electrons. The van der Waals surface area contributed by atoms with Crippen LogP contribution in [0.5, 0.6) is 11.5 Å². The molecule has 6 nitrogen and oxygen atoms in total. The van der Waals surface area contributed by atoms with Gasteiger partial charge in [-0.1, -0.05) is 23.2 Å². The number of anilines is 1. The van der Waals surface area contributed by atoms with E-state index in [-0.39, 0.29) is 18.2 Å². The van der Waals surface area contributed by atoms with Crippen LogP contribution < -0.4 is 14.8 Å². The van der Waals surface area contributed by atoms with Gasteiger partial charge in [0, 0.05) is 24.5 Å². The van der Waals surface area contributed by atoms with Crippen molar-refractivity contribution in [2.75, 3.05) is 31.6 Å². The number of fused-ring (bicyclic) bond motifs is 1. The van der Waals surface area contributed by atoms with E-state index in [0.29, 0.717) is 51.6 Å². The van der Waals surface area contributed by atoms with Gasteiger partial charge < -0.3 is 19.7 Å². The molecule has 2 heterocycles. The summed E-state index contributed by atoms with van der Waals surface area (Å²) in [5.74, 6) is 0.676. The van der Waals surface area contributed by atoms with E-state index in [9.17, 15) is 9.59 Å². The van der Waals surface area contributed by atoms with Crippen LogP contribution in [-0.2, 0) is 11.2 Å². The molecule has 1 N–H and O–H groups in total. The van der Waals surface area contributed by atoms with Crippen molar-refractivity contribution in [2.24, 2.45) is 0 Å². The summed E-state index contributed by atoms with van der Waals surface area (Å²) in [5, 5.41) is 3.70. The molecule has 2 aromatic carbocycles. The first-order valence-corrected chi connectivity index (χ1v) is 11.2. The zero-order chi connectivity index (χ0) is 21.8. The number of benzene rings is 2. The van der Waals surface area contributed by atoms with Crippen molar-refractivity contribution < 1.29 is 19.1 Å². The summed E-state index contributed by atoms with van der Waals surface area (Å²) in [6, 6.07) is 8.41. The lowest BCUT2D eigenvalue weighted by Crippen LogP contribution is -2.36. The Morgan fingerprint density at radius 2 is 1.74 bits per heavy atom. The molecule has 0 spiro atoms. The van der Waals surface area contributed by atoms with Crippen molar-refractivity contribution in [1.82, 2.24) is 4.90 Å². The Balaban J connectivity index is 1.51. The normalized spacial score (nSPS) is 15.9. The summed E-state index contributed by atoms with van der Waals surface area (Å²) in [4.78, 5) is 27.6. The molecule has 0 bridgehead atoms. The lowest BCUT2D eigenvalue weighted by molar-refractivity contribution is -0.115. The number of hydrogen-bond acceptors (Lipinski definition) is 4. The number of rotatable bonds is 4. The summed E-state index contributed by atoms with van der Waals surface area (Å²) < 4.78 is 11.3. The fraction of sp³-hybridized carbons (Fsp3) is 0.391. The number of halogens is 2. The Labute approximate surface area is 191 Å². The van der Waals surface area contributed by atoms with Gasteiger partial charge in [-0.15, -0.1) is 0 Å². The fourth-order valence-electron chi connectivity index (χ4n) is 3.84. The predicted octanol–water partition coefficient (Wildman–Crippen LogP) is 4.96. The Kier molecular flexibility index (Phi) is 6.88. The minimum absolute atomic E-state index is 0.0697. The van der Waals surface area contributed by atoms with Gasteiger partial charge in [0.25, 0.3) is 5.91 Å². The molecule has 31 heavy (non-hydrogen) atoms. The molecular weight excluding hydrogens is 439 g/mol. The quantitative estimate of drug-likeness (QED) is 0.696. The van der Waals surface area contributed by atoms with Gasteiger partial charge in [0.05, 0.1) is 35.9 Å². The van der Waals surface area contributed by atoms with Crippen molar-refractivity contribution in [3.63, 3.8) is 0 Å². The van der Waals surface area contributed by atoms with Gasteiger partial charge in [-0.05, 0) is 55.2 Å². The maximum Gasteiger partial charge on any atom is 0.255 e. The highest BCUT2D eigenvalue weighted by Gasteiger charge is 2.22. The zero-order valence-electron chi connectivity index (χ0n) is 17.1. The highest BCUT2D eigenvalue weighted by molar-refractivity contribution is 6.32. The van der Waals surface area contributed by atoms with Gasteiger partial charge >= 0.3 is 0 Å². The number of nitrogens with zero attached hydrogens (tertiary/aromatic N) is 1. The molecule has 8 heteroatoms. The number of ether oxygens (including phenoxy) is 2. The third kappa shape index (κ3) is 5.25. The average Bonchev–Trinajstić information content (AvgIpc) is 3.00. The molecule has 1 saturated heterocycles. The predicted molar refractivity (Wildman–Crippen MR) is 121 cm³/mol. The molecule has 0 saturated carbocycles. The monoisotopic (exact) mass is 462 g/mol. The molecule has 0 unspecified atom stereocenters. The van der Waals surface area contributed by atoms with Crippen LogP contribution >= 0.6 is 23.2 Å². The van der Waals surface area contributed by atoms with E-state index in [2.05, 4.69) is 5.32 Å². The Morgan fingerprint density at radius 1 is 0.968 bits per heavy atom. The second-order valence-electron chi connectivity index (χ2n) is 7.72. The first kappa shape index (κ1) is 21.8. The van der Waals surface area contributed by atoms with Crippen molar-refractivity contribution in [1.29, 1.82) is 0 Å². The number of likely N-dealkylation sites (tertiary alicyclic amines) is 1. The fourth-order valence-corrected chi connectivity index (χ4v) is 4.30. The average molecular weight is 463 g/mol. The largest absolute Gasteiger partial charge is 0.489 e. The molecular formula is C23H24Cl2N2O4. The first-order chi connectivity index (χ1) is 15.0. The third-order valence-corrected chi connectivity index (χ3v) is 5.87. The number of amides is 2. The van der Waals surface area contributed by atoms with Gasteiger partial charge in [-0.2, -0.15) is 0 Å². The Hall–Kier alpha value is -2.44. The van der Waals surface area contributed by atoms with Crippen LogP contribution in [0.1, 0.15) is 41.6 Å². The minimum atomic E-state index is -0.277. The van der Waals surface area contributed by atoms with E-state index in [4.69, 9.17) is 32.7 Å². The molecule has 4 rings (SSSR count). The molecule has 0 radical (unpaired) electrons. The number of piperidine rings is 1. The molecule has 0 aliphatic carbocycles. The Bertz CT molecular complexity index is 990. The lowest BCUT2D eigenvalue weighted by Gasteiger charge is -2.27. The van der Waals surface area contributed by atoms with Crippen molar-refractivity contribution in [3.8, 4) is 11.5 Å². The molecule has 1 fully saturated rings. The summed E-state index contributed by atoms with van der Waals surface area (Å²) >= 11 is 12.5. The number of carbonyl (C=O) groups is 2. The van der Waals surface area contributed by atoms with E-state index in [1.807, 2.05) is 4.90 Å². The van der Waals surface area contributed by atoms with Crippen LogP contribution in [0, 0.1) is 0 Å². The maximum atomic E-state index is 13.0. The molecule has 2 aliphatic heterocycles. The van der Waals surface area contributed by atoms with Crippen LogP contribution in [0.2, 0.25) is 10.0 Å². The third-order valence-electron chi connectivity index (χ3n) is 5.36. The maximum absolute atomic E-state index is 13.0. The summed E-state index contributed by atoms with van der Waals surface area (Å²) in [5.41, 5.74) is 1.54. The number of nitrogens with one attached hydrogen (secondary N) is 1. The van der Waals surface area contributed by atoms with E-state index < -0.39 is 0 Å².